The molecule has 0 spiro atoms. The van der Waals surface area contributed by atoms with Crippen molar-refractivity contribution in [2.75, 3.05) is 19.3 Å². The molecule has 22 heavy (non-hydrogen) atoms. The Bertz CT molecular complexity index is 651. The minimum atomic E-state index is -0.0258. The Morgan fingerprint density at radius 2 is 2.18 bits per heavy atom. The predicted octanol–water partition coefficient (Wildman–Crippen LogP) is 2.49. The lowest BCUT2D eigenvalue weighted by Crippen LogP contribution is -2.31. The average Bonchev–Trinajstić information content (AvgIpc) is 3.03. The molecule has 1 amide bonds. The van der Waals surface area contributed by atoms with Crippen LogP contribution in [0.2, 0.25) is 0 Å². The Balaban J connectivity index is 1.66. The number of hydrogen-bond acceptors (Lipinski definition) is 5. The van der Waals surface area contributed by atoms with Gasteiger partial charge in [-0.05, 0) is 24.5 Å². The second-order valence-electron chi connectivity index (χ2n) is 5.04. The molecule has 0 bridgehead atoms. The van der Waals surface area contributed by atoms with Crippen molar-refractivity contribution >= 4 is 17.7 Å². The third-order valence-corrected chi connectivity index (χ3v) is 4.40. The molecule has 2 aromatic rings. The minimum Gasteiger partial charge on any atom is -0.471 e. The molecule has 0 saturated carbocycles. The molecule has 1 saturated heterocycles. The summed E-state index contributed by atoms with van der Waals surface area (Å²) in [5, 5.41) is 7.71. The van der Waals surface area contributed by atoms with Gasteiger partial charge in [0.25, 0.3) is 5.91 Å². The summed E-state index contributed by atoms with van der Waals surface area (Å²) in [7, 11) is 0. The van der Waals surface area contributed by atoms with Crippen LogP contribution in [0.3, 0.4) is 0 Å². The molecule has 5 nitrogen and oxygen atoms in total. The monoisotopic (exact) mass is 315 g/mol. The molecule has 1 aromatic heterocycles. The molecule has 3 rings (SSSR count). The molecular formula is C16H17N3O2S. The molecule has 2 heterocycles. The van der Waals surface area contributed by atoms with Crippen molar-refractivity contribution in [2.45, 2.75) is 17.4 Å². The van der Waals surface area contributed by atoms with Crippen LogP contribution in [0.5, 0.6) is 5.88 Å². The van der Waals surface area contributed by atoms with Gasteiger partial charge in [-0.25, -0.2) is 0 Å². The zero-order chi connectivity index (χ0) is 15.4. The van der Waals surface area contributed by atoms with Crippen LogP contribution in [-0.2, 0) is 0 Å². The highest BCUT2D eigenvalue weighted by Crippen LogP contribution is 2.24. The zero-order valence-corrected chi connectivity index (χ0v) is 13.1. The highest BCUT2D eigenvalue weighted by molar-refractivity contribution is 7.98. The van der Waals surface area contributed by atoms with Gasteiger partial charge in [-0.1, -0.05) is 12.1 Å². The smallest absolute Gasteiger partial charge is 0.255 e. The maximum atomic E-state index is 12.7. The number of likely N-dealkylation sites (tertiary alicyclic amines) is 1. The topological polar surface area (TPSA) is 55.3 Å². The van der Waals surface area contributed by atoms with Crippen LogP contribution in [0, 0.1) is 0 Å². The van der Waals surface area contributed by atoms with Crippen molar-refractivity contribution in [1.82, 2.24) is 15.1 Å². The molecule has 6 heteroatoms. The summed E-state index contributed by atoms with van der Waals surface area (Å²) in [4.78, 5) is 15.5. The Labute approximate surface area is 133 Å². The number of nitrogens with zero attached hydrogens (tertiary/aromatic N) is 3. The van der Waals surface area contributed by atoms with E-state index >= 15 is 0 Å². The first kappa shape index (κ1) is 14.8. The van der Waals surface area contributed by atoms with E-state index in [1.54, 1.807) is 30.1 Å². The van der Waals surface area contributed by atoms with Crippen LogP contribution in [0.4, 0.5) is 0 Å². The molecule has 1 aliphatic rings. The van der Waals surface area contributed by atoms with Gasteiger partial charge in [0.1, 0.15) is 6.10 Å². The third-order valence-electron chi connectivity index (χ3n) is 3.60. The molecule has 0 N–H and O–H groups in total. The van der Waals surface area contributed by atoms with Crippen molar-refractivity contribution in [2.24, 2.45) is 0 Å². The summed E-state index contributed by atoms with van der Waals surface area (Å²) in [5.74, 6) is 0.571. The van der Waals surface area contributed by atoms with Crippen LogP contribution >= 0.6 is 11.8 Å². The lowest BCUT2D eigenvalue weighted by Gasteiger charge is -2.18. The highest BCUT2D eigenvalue weighted by Gasteiger charge is 2.29. The molecule has 1 aromatic carbocycles. The maximum Gasteiger partial charge on any atom is 0.255 e. The van der Waals surface area contributed by atoms with Gasteiger partial charge in [-0.15, -0.1) is 16.9 Å². The van der Waals surface area contributed by atoms with Gasteiger partial charge in [-0.2, -0.15) is 5.10 Å². The number of carbonyl (C=O) groups excluding carboxylic acids is 1. The maximum absolute atomic E-state index is 12.7. The SMILES string of the molecule is CSc1ccccc1C(=O)N1CCC(Oc2cccnn2)C1. The number of benzene rings is 1. The molecule has 0 aliphatic carbocycles. The van der Waals surface area contributed by atoms with Gasteiger partial charge in [-0.3, -0.25) is 4.79 Å². The summed E-state index contributed by atoms with van der Waals surface area (Å²) in [6.45, 7) is 1.28. The van der Waals surface area contributed by atoms with Gasteiger partial charge in [0.2, 0.25) is 5.88 Å². The van der Waals surface area contributed by atoms with E-state index in [4.69, 9.17) is 4.74 Å². The molecule has 1 fully saturated rings. The van der Waals surface area contributed by atoms with Gasteiger partial charge in [0.05, 0.1) is 12.1 Å². The number of rotatable bonds is 4. The summed E-state index contributed by atoms with van der Waals surface area (Å²) in [6, 6.07) is 11.3. The van der Waals surface area contributed by atoms with E-state index < -0.39 is 0 Å². The van der Waals surface area contributed by atoms with E-state index in [9.17, 15) is 4.79 Å². The quantitative estimate of drug-likeness (QED) is 0.811. The fraction of sp³-hybridized carbons (Fsp3) is 0.312. The Morgan fingerprint density at radius 3 is 2.95 bits per heavy atom. The van der Waals surface area contributed by atoms with Crippen molar-refractivity contribution in [3.63, 3.8) is 0 Å². The minimum absolute atomic E-state index is 0.0258. The lowest BCUT2D eigenvalue weighted by molar-refractivity contribution is 0.0767. The van der Waals surface area contributed by atoms with Gasteiger partial charge in [0.15, 0.2) is 0 Å². The van der Waals surface area contributed by atoms with Gasteiger partial charge in [0, 0.05) is 30.1 Å². The number of hydrogen-bond donors (Lipinski definition) is 0. The Hall–Kier alpha value is -2.08. The first-order chi connectivity index (χ1) is 10.8. The summed E-state index contributed by atoms with van der Waals surface area (Å²) in [5.41, 5.74) is 0.759. The second-order valence-corrected chi connectivity index (χ2v) is 5.89. The predicted molar refractivity (Wildman–Crippen MR) is 85.2 cm³/mol. The zero-order valence-electron chi connectivity index (χ0n) is 12.3. The summed E-state index contributed by atoms with van der Waals surface area (Å²) >= 11 is 1.59. The summed E-state index contributed by atoms with van der Waals surface area (Å²) in [6.07, 6.45) is 4.37. The van der Waals surface area contributed by atoms with Crippen LogP contribution in [-0.4, -0.2) is 46.5 Å². The summed E-state index contributed by atoms with van der Waals surface area (Å²) < 4.78 is 5.78. The van der Waals surface area contributed by atoms with E-state index in [1.807, 2.05) is 35.4 Å². The van der Waals surface area contributed by atoms with Crippen LogP contribution in [0.15, 0.2) is 47.5 Å². The standard InChI is InChI=1S/C16H17N3O2S/c1-22-14-6-3-2-5-13(14)16(20)19-10-8-12(11-19)21-15-7-4-9-17-18-15/h2-7,9,12H,8,10-11H2,1H3. The molecular weight excluding hydrogens is 298 g/mol. The molecule has 114 valence electrons. The van der Waals surface area contributed by atoms with Crippen molar-refractivity contribution in [1.29, 1.82) is 0 Å². The van der Waals surface area contributed by atoms with E-state index in [0.29, 0.717) is 19.0 Å². The first-order valence-corrected chi connectivity index (χ1v) is 8.37. The molecule has 0 radical (unpaired) electrons. The van der Waals surface area contributed by atoms with Crippen LogP contribution < -0.4 is 4.74 Å². The number of thioether (sulfide) groups is 1. The molecule has 1 aliphatic heterocycles. The van der Waals surface area contributed by atoms with Crippen LogP contribution in [0.1, 0.15) is 16.8 Å². The van der Waals surface area contributed by atoms with Gasteiger partial charge < -0.3 is 9.64 Å². The fourth-order valence-corrected chi connectivity index (χ4v) is 3.11. The van der Waals surface area contributed by atoms with Crippen molar-refractivity contribution < 1.29 is 9.53 Å². The van der Waals surface area contributed by atoms with Crippen LogP contribution in [0.25, 0.3) is 0 Å². The average molecular weight is 315 g/mol. The van der Waals surface area contributed by atoms with Crippen molar-refractivity contribution in [3.05, 3.63) is 48.2 Å². The first-order valence-electron chi connectivity index (χ1n) is 7.14. The Morgan fingerprint density at radius 1 is 1.32 bits per heavy atom. The normalized spacial score (nSPS) is 17.5. The lowest BCUT2D eigenvalue weighted by atomic mass is 10.2. The molecule has 1 unspecified atom stereocenters. The van der Waals surface area contributed by atoms with E-state index in [2.05, 4.69) is 10.2 Å². The third kappa shape index (κ3) is 3.22. The number of aromatic nitrogens is 2. The van der Waals surface area contributed by atoms with E-state index in [-0.39, 0.29) is 12.0 Å². The number of carbonyl (C=O) groups is 1. The largest absolute Gasteiger partial charge is 0.471 e. The molecule has 1 atom stereocenters. The fourth-order valence-electron chi connectivity index (χ4n) is 2.52. The number of ether oxygens (including phenoxy) is 1. The highest BCUT2D eigenvalue weighted by atomic mass is 32.2. The number of amides is 1. The van der Waals surface area contributed by atoms with E-state index in [1.165, 1.54) is 0 Å². The van der Waals surface area contributed by atoms with Crippen molar-refractivity contribution in [3.8, 4) is 5.88 Å². The van der Waals surface area contributed by atoms with E-state index in [0.717, 1.165) is 16.9 Å². The van der Waals surface area contributed by atoms with Gasteiger partial charge >= 0.3 is 0 Å². The second kappa shape index (κ2) is 6.79. The Kier molecular flexibility index (Phi) is 4.58.